The smallest absolute Gasteiger partial charge is 0.407 e. The first-order chi connectivity index (χ1) is 10.7. The van der Waals surface area contributed by atoms with E-state index in [1.807, 2.05) is 0 Å². The van der Waals surface area contributed by atoms with Crippen LogP contribution in [0.25, 0.3) is 0 Å². The lowest BCUT2D eigenvalue weighted by Crippen LogP contribution is -2.29. The van der Waals surface area contributed by atoms with Crippen molar-refractivity contribution < 1.29 is 19.2 Å². The Morgan fingerprint density at radius 2 is 2.17 bits per heavy atom. The van der Waals surface area contributed by atoms with Gasteiger partial charge in [0, 0.05) is 21.2 Å². The molecular weight excluding hydrogens is 320 g/mol. The Kier molecular flexibility index (Phi) is 7.01. The minimum Gasteiger partial charge on any atom is -0.475 e. The standard InChI is InChI=1S/C13H24N4O5Si/c1-21-12-11(17(19)20)10-16(15-12)7-5-6-14-13(18)22-8-9-23(2,3)4/h10H,5-9H2,1-4H3,(H,14,18). The van der Waals surface area contributed by atoms with E-state index in [2.05, 4.69) is 30.1 Å². The van der Waals surface area contributed by atoms with Crippen molar-refractivity contribution in [3.8, 4) is 5.88 Å². The van der Waals surface area contributed by atoms with Gasteiger partial charge < -0.3 is 14.8 Å². The van der Waals surface area contributed by atoms with Gasteiger partial charge in [0.05, 0.1) is 18.6 Å². The maximum Gasteiger partial charge on any atom is 0.407 e. The third-order valence-electron chi connectivity index (χ3n) is 3.02. The molecule has 0 aromatic carbocycles. The van der Waals surface area contributed by atoms with Gasteiger partial charge in [0.1, 0.15) is 6.20 Å². The topological polar surface area (TPSA) is 109 Å². The van der Waals surface area contributed by atoms with E-state index in [1.54, 1.807) is 0 Å². The fourth-order valence-electron chi connectivity index (χ4n) is 1.71. The molecule has 0 fully saturated rings. The summed E-state index contributed by atoms with van der Waals surface area (Å²) >= 11 is 0. The summed E-state index contributed by atoms with van der Waals surface area (Å²) < 4.78 is 11.4. The molecule has 130 valence electrons. The van der Waals surface area contributed by atoms with E-state index in [0.29, 0.717) is 26.1 Å². The minimum atomic E-state index is -1.21. The molecule has 1 N–H and O–H groups in total. The number of aryl methyl sites for hydroxylation is 1. The largest absolute Gasteiger partial charge is 0.475 e. The molecule has 0 aliphatic rings. The van der Waals surface area contributed by atoms with Crippen molar-refractivity contribution in [2.45, 2.75) is 38.7 Å². The minimum absolute atomic E-state index is 0.0197. The van der Waals surface area contributed by atoms with Crippen LogP contribution in [0.5, 0.6) is 5.88 Å². The van der Waals surface area contributed by atoms with Gasteiger partial charge in [0.2, 0.25) is 0 Å². The van der Waals surface area contributed by atoms with Crippen molar-refractivity contribution in [2.24, 2.45) is 0 Å². The summed E-state index contributed by atoms with van der Waals surface area (Å²) in [6.07, 6.45) is 1.45. The summed E-state index contributed by atoms with van der Waals surface area (Å²) in [5, 5.41) is 17.4. The Labute approximate surface area is 136 Å². The van der Waals surface area contributed by atoms with Gasteiger partial charge in [-0.1, -0.05) is 19.6 Å². The van der Waals surface area contributed by atoms with Gasteiger partial charge >= 0.3 is 17.7 Å². The van der Waals surface area contributed by atoms with Crippen molar-refractivity contribution in [3.63, 3.8) is 0 Å². The Hall–Kier alpha value is -2.10. The summed E-state index contributed by atoms with van der Waals surface area (Å²) in [5.41, 5.74) is -0.175. The molecule has 1 rings (SSSR count). The van der Waals surface area contributed by atoms with E-state index in [4.69, 9.17) is 9.47 Å². The number of hydrogen-bond acceptors (Lipinski definition) is 6. The summed E-state index contributed by atoms with van der Waals surface area (Å²) in [5.74, 6) is -0.0197. The van der Waals surface area contributed by atoms with Crippen LogP contribution in [0, 0.1) is 10.1 Å². The van der Waals surface area contributed by atoms with Crippen LogP contribution in [0.3, 0.4) is 0 Å². The zero-order chi connectivity index (χ0) is 17.5. The van der Waals surface area contributed by atoms with E-state index < -0.39 is 19.1 Å². The Morgan fingerprint density at radius 3 is 2.70 bits per heavy atom. The predicted octanol–water partition coefficient (Wildman–Crippen LogP) is 2.25. The van der Waals surface area contributed by atoms with Gasteiger partial charge in [0.25, 0.3) is 0 Å². The van der Waals surface area contributed by atoms with E-state index in [-0.39, 0.29) is 11.6 Å². The fourth-order valence-corrected chi connectivity index (χ4v) is 2.43. The van der Waals surface area contributed by atoms with Crippen molar-refractivity contribution >= 4 is 19.9 Å². The van der Waals surface area contributed by atoms with Crippen molar-refractivity contribution in [1.82, 2.24) is 15.1 Å². The lowest BCUT2D eigenvalue weighted by Gasteiger charge is -2.15. The first-order valence-corrected chi connectivity index (χ1v) is 11.1. The number of nitro groups is 1. The van der Waals surface area contributed by atoms with Gasteiger partial charge in [-0.3, -0.25) is 14.8 Å². The van der Waals surface area contributed by atoms with Crippen LogP contribution in [0.15, 0.2) is 6.20 Å². The van der Waals surface area contributed by atoms with Crippen LogP contribution in [0.1, 0.15) is 6.42 Å². The van der Waals surface area contributed by atoms with Crippen LogP contribution >= 0.6 is 0 Å². The summed E-state index contributed by atoms with van der Waals surface area (Å²) in [4.78, 5) is 21.7. The molecule has 0 bridgehead atoms. The highest BCUT2D eigenvalue weighted by Crippen LogP contribution is 2.23. The molecule has 1 aromatic heterocycles. The van der Waals surface area contributed by atoms with Gasteiger partial charge in [-0.25, -0.2) is 4.79 Å². The molecule has 0 atom stereocenters. The number of carbonyl (C=O) groups excluding carboxylic acids is 1. The number of carbonyl (C=O) groups is 1. The molecule has 0 aliphatic heterocycles. The molecule has 0 unspecified atom stereocenters. The zero-order valence-corrected chi connectivity index (χ0v) is 15.0. The number of rotatable bonds is 9. The average Bonchev–Trinajstić information content (AvgIpc) is 2.85. The SMILES string of the molecule is COc1nn(CCCNC(=O)OCC[Si](C)(C)C)cc1[N+](=O)[O-]. The fraction of sp³-hybridized carbons (Fsp3) is 0.692. The van der Waals surface area contributed by atoms with Crippen molar-refractivity contribution in [3.05, 3.63) is 16.3 Å². The van der Waals surface area contributed by atoms with Gasteiger partial charge in [0.15, 0.2) is 0 Å². The van der Waals surface area contributed by atoms with Crippen LogP contribution < -0.4 is 10.1 Å². The summed E-state index contributed by atoms with van der Waals surface area (Å²) in [6, 6.07) is 0.928. The molecule has 1 aromatic rings. The normalized spacial score (nSPS) is 11.1. The van der Waals surface area contributed by atoms with Gasteiger partial charge in [-0.15, -0.1) is 5.10 Å². The van der Waals surface area contributed by atoms with Crippen LogP contribution in [0.4, 0.5) is 10.5 Å². The zero-order valence-electron chi connectivity index (χ0n) is 14.0. The molecule has 0 saturated heterocycles. The lowest BCUT2D eigenvalue weighted by molar-refractivity contribution is -0.385. The molecule has 0 radical (unpaired) electrons. The Bertz CT molecular complexity index is 541. The van der Waals surface area contributed by atoms with E-state index >= 15 is 0 Å². The van der Waals surface area contributed by atoms with E-state index in [0.717, 1.165) is 6.04 Å². The number of alkyl carbamates (subject to hydrolysis) is 1. The van der Waals surface area contributed by atoms with Gasteiger partial charge in [-0.2, -0.15) is 0 Å². The van der Waals surface area contributed by atoms with Crippen LogP contribution in [0.2, 0.25) is 25.7 Å². The van der Waals surface area contributed by atoms with Crippen molar-refractivity contribution in [2.75, 3.05) is 20.3 Å². The second-order valence-corrected chi connectivity index (χ2v) is 11.9. The predicted molar refractivity (Wildman–Crippen MR) is 87.6 cm³/mol. The molecule has 0 aliphatic carbocycles. The first kappa shape index (κ1) is 18.9. The van der Waals surface area contributed by atoms with Crippen LogP contribution in [-0.4, -0.2) is 49.1 Å². The highest BCUT2D eigenvalue weighted by molar-refractivity contribution is 6.76. The number of aromatic nitrogens is 2. The molecule has 1 amide bonds. The molecule has 0 saturated carbocycles. The molecular formula is C13H24N4O5Si. The summed E-state index contributed by atoms with van der Waals surface area (Å²) in [6.45, 7) is 7.91. The molecule has 23 heavy (non-hydrogen) atoms. The lowest BCUT2D eigenvalue weighted by atomic mass is 10.4. The number of methoxy groups -OCH3 is 1. The monoisotopic (exact) mass is 344 g/mol. The molecule has 1 heterocycles. The van der Waals surface area contributed by atoms with Crippen LogP contribution in [-0.2, 0) is 11.3 Å². The van der Waals surface area contributed by atoms with E-state index in [1.165, 1.54) is 18.0 Å². The maximum atomic E-state index is 11.5. The van der Waals surface area contributed by atoms with E-state index in [9.17, 15) is 14.9 Å². The molecule has 10 heteroatoms. The number of nitrogens with zero attached hydrogens (tertiary/aromatic N) is 3. The number of ether oxygens (including phenoxy) is 2. The molecule has 9 nitrogen and oxygen atoms in total. The number of hydrogen-bond donors (Lipinski definition) is 1. The van der Waals surface area contributed by atoms with Gasteiger partial charge in [-0.05, 0) is 12.5 Å². The Balaban J connectivity index is 2.27. The van der Waals surface area contributed by atoms with Crippen molar-refractivity contribution in [1.29, 1.82) is 0 Å². The number of nitrogens with one attached hydrogen (secondary N) is 1. The average molecular weight is 344 g/mol. The second kappa shape index (κ2) is 8.51. The quantitative estimate of drug-likeness (QED) is 0.318. The number of amides is 1. The maximum absolute atomic E-state index is 11.5. The third kappa shape index (κ3) is 7.13. The Morgan fingerprint density at radius 1 is 1.48 bits per heavy atom. The highest BCUT2D eigenvalue weighted by atomic mass is 28.3. The highest BCUT2D eigenvalue weighted by Gasteiger charge is 2.19. The third-order valence-corrected chi connectivity index (χ3v) is 4.72. The molecule has 0 spiro atoms. The first-order valence-electron chi connectivity index (χ1n) is 7.39. The summed E-state index contributed by atoms with van der Waals surface area (Å²) in [7, 11) is 0.125. The second-order valence-electron chi connectivity index (χ2n) is 6.27.